The summed E-state index contributed by atoms with van der Waals surface area (Å²) in [4.78, 5) is 2.63. The van der Waals surface area contributed by atoms with Crippen LogP contribution in [0.15, 0.2) is 0 Å². The minimum Gasteiger partial charge on any atom is -0.294 e. The van der Waals surface area contributed by atoms with Crippen LogP contribution in [0, 0.1) is 5.41 Å². The molecule has 0 amide bonds. The van der Waals surface area contributed by atoms with Gasteiger partial charge in [0.15, 0.2) is 0 Å². The second-order valence-electron chi connectivity index (χ2n) is 4.27. The van der Waals surface area contributed by atoms with Gasteiger partial charge in [-0.2, -0.15) is 0 Å². The molecule has 2 fully saturated rings. The molecule has 1 heteroatoms. The Kier molecular flexibility index (Phi) is 1.17. The monoisotopic (exact) mass is 139 g/mol. The molecule has 4 unspecified atom stereocenters. The van der Waals surface area contributed by atoms with Crippen molar-refractivity contribution in [2.75, 3.05) is 6.54 Å². The summed E-state index contributed by atoms with van der Waals surface area (Å²) in [7, 11) is 0. The normalized spacial score (nSPS) is 58.5. The van der Waals surface area contributed by atoms with E-state index in [9.17, 15) is 0 Å². The molecule has 4 atom stereocenters. The summed E-state index contributed by atoms with van der Waals surface area (Å²) in [6.07, 6.45) is 2.81. The molecular weight excluding hydrogens is 122 g/mol. The molecule has 0 aromatic heterocycles. The fourth-order valence-corrected chi connectivity index (χ4v) is 1.97. The van der Waals surface area contributed by atoms with E-state index in [1.54, 1.807) is 0 Å². The van der Waals surface area contributed by atoms with E-state index in [-0.39, 0.29) is 0 Å². The highest BCUT2D eigenvalue weighted by Gasteiger charge is 2.56. The van der Waals surface area contributed by atoms with Crippen molar-refractivity contribution in [1.82, 2.24) is 4.90 Å². The number of hydrogen-bond donors (Lipinski definition) is 0. The van der Waals surface area contributed by atoms with E-state index in [2.05, 4.69) is 25.7 Å². The Morgan fingerprint density at radius 3 is 2.50 bits per heavy atom. The Labute approximate surface area is 63.4 Å². The third kappa shape index (κ3) is 0.800. The molecule has 2 aliphatic rings. The molecule has 0 aromatic carbocycles. The number of hydrogen-bond acceptors (Lipinski definition) is 1. The zero-order valence-corrected chi connectivity index (χ0v) is 7.22. The molecule has 1 saturated heterocycles. The minimum absolute atomic E-state index is 0.699. The molecule has 58 valence electrons. The van der Waals surface area contributed by atoms with Crippen molar-refractivity contribution in [2.24, 2.45) is 5.41 Å². The average molecular weight is 139 g/mol. The minimum atomic E-state index is 0.699. The summed E-state index contributed by atoms with van der Waals surface area (Å²) >= 11 is 0. The van der Waals surface area contributed by atoms with Gasteiger partial charge in [0.25, 0.3) is 0 Å². The van der Waals surface area contributed by atoms with Gasteiger partial charge < -0.3 is 0 Å². The predicted molar refractivity (Wildman–Crippen MR) is 43.0 cm³/mol. The molecule has 0 N–H and O–H groups in total. The molecule has 10 heavy (non-hydrogen) atoms. The van der Waals surface area contributed by atoms with Crippen molar-refractivity contribution < 1.29 is 0 Å². The first kappa shape index (κ1) is 6.66. The van der Waals surface area contributed by atoms with E-state index in [1.807, 2.05) is 0 Å². The molecule has 0 bridgehead atoms. The summed E-state index contributed by atoms with van der Waals surface area (Å²) in [5.74, 6) is 0. The largest absolute Gasteiger partial charge is 0.294 e. The lowest BCUT2D eigenvalue weighted by molar-refractivity contribution is 0.399. The lowest BCUT2D eigenvalue weighted by Crippen LogP contribution is -2.10. The molecular formula is C9H17N. The lowest BCUT2D eigenvalue weighted by Gasteiger charge is -2.07. The summed E-state index contributed by atoms with van der Waals surface area (Å²) < 4.78 is 0. The van der Waals surface area contributed by atoms with Crippen molar-refractivity contribution in [1.29, 1.82) is 0 Å². The molecule has 0 radical (unpaired) electrons. The maximum atomic E-state index is 2.63. The highest BCUT2D eigenvalue weighted by Crippen LogP contribution is 2.54. The fourth-order valence-electron chi connectivity index (χ4n) is 1.97. The fraction of sp³-hybridized carbons (Fsp3) is 1.00. The van der Waals surface area contributed by atoms with E-state index >= 15 is 0 Å². The van der Waals surface area contributed by atoms with Gasteiger partial charge in [-0.15, -0.1) is 0 Å². The van der Waals surface area contributed by atoms with Crippen molar-refractivity contribution in [3.8, 4) is 0 Å². The van der Waals surface area contributed by atoms with E-state index in [0.29, 0.717) is 5.41 Å². The van der Waals surface area contributed by atoms with Gasteiger partial charge in [0, 0.05) is 18.6 Å². The lowest BCUT2D eigenvalue weighted by atomic mass is 10.1. The van der Waals surface area contributed by atoms with Crippen LogP contribution in [0.1, 0.15) is 33.6 Å². The number of nitrogens with zero attached hydrogens (tertiary/aromatic N) is 1. The van der Waals surface area contributed by atoms with Gasteiger partial charge in [-0.3, -0.25) is 4.90 Å². The third-order valence-corrected chi connectivity index (χ3v) is 3.42. The summed E-state index contributed by atoms with van der Waals surface area (Å²) in [6.45, 7) is 8.42. The standard InChI is InChI=1S/C9H17N/c1-4-9(3)5-8(9)10-6-7(10)2/h7-8H,4-6H2,1-3H3. The van der Waals surface area contributed by atoms with Crippen LogP contribution in [0.2, 0.25) is 0 Å². The Bertz CT molecular complexity index is 155. The van der Waals surface area contributed by atoms with Crippen LogP contribution in [-0.4, -0.2) is 23.5 Å². The molecule has 1 saturated carbocycles. The highest BCUT2D eigenvalue weighted by atomic mass is 15.4. The maximum absolute atomic E-state index is 2.63. The Hall–Kier alpha value is -0.0400. The molecule has 1 heterocycles. The van der Waals surface area contributed by atoms with Gasteiger partial charge in [0.2, 0.25) is 0 Å². The van der Waals surface area contributed by atoms with Crippen molar-refractivity contribution >= 4 is 0 Å². The molecule has 0 aromatic rings. The Morgan fingerprint density at radius 1 is 1.60 bits per heavy atom. The van der Waals surface area contributed by atoms with E-state index in [1.165, 1.54) is 19.4 Å². The predicted octanol–water partition coefficient (Wildman–Crippen LogP) is 1.88. The van der Waals surface area contributed by atoms with Gasteiger partial charge >= 0.3 is 0 Å². The summed E-state index contributed by atoms with van der Waals surface area (Å²) in [6, 6.07) is 1.85. The molecule has 0 spiro atoms. The van der Waals surface area contributed by atoms with Crippen molar-refractivity contribution in [3.05, 3.63) is 0 Å². The van der Waals surface area contributed by atoms with Crippen LogP contribution in [0.5, 0.6) is 0 Å². The Morgan fingerprint density at radius 2 is 2.20 bits per heavy atom. The highest BCUT2D eigenvalue weighted by molar-refractivity contribution is 5.10. The first-order valence-corrected chi connectivity index (χ1v) is 4.43. The first-order chi connectivity index (χ1) is 4.67. The van der Waals surface area contributed by atoms with Crippen LogP contribution < -0.4 is 0 Å². The molecule has 1 nitrogen and oxygen atoms in total. The average Bonchev–Trinajstić information content (AvgIpc) is 2.73. The molecule has 2 rings (SSSR count). The zero-order chi connectivity index (χ0) is 7.35. The van der Waals surface area contributed by atoms with Crippen LogP contribution >= 0.6 is 0 Å². The second-order valence-corrected chi connectivity index (χ2v) is 4.27. The van der Waals surface area contributed by atoms with E-state index in [0.717, 1.165) is 12.1 Å². The summed E-state index contributed by atoms with van der Waals surface area (Å²) in [5.41, 5.74) is 0.699. The van der Waals surface area contributed by atoms with Crippen molar-refractivity contribution in [3.63, 3.8) is 0 Å². The van der Waals surface area contributed by atoms with Gasteiger partial charge in [0.1, 0.15) is 0 Å². The van der Waals surface area contributed by atoms with Gasteiger partial charge in [-0.25, -0.2) is 0 Å². The van der Waals surface area contributed by atoms with Crippen LogP contribution in [-0.2, 0) is 0 Å². The quantitative estimate of drug-likeness (QED) is 0.528. The van der Waals surface area contributed by atoms with Gasteiger partial charge in [-0.05, 0) is 25.2 Å². The van der Waals surface area contributed by atoms with Crippen LogP contribution in [0.3, 0.4) is 0 Å². The summed E-state index contributed by atoms with van der Waals surface area (Å²) in [5, 5.41) is 0. The Balaban J connectivity index is 1.90. The second kappa shape index (κ2) is 1.76. The van der Waals surface area contributed by atoms with Gasteiger partial charge in [0.05, 0.1) is 0 Å². The zero-order valence-electron chi connectivity index (χ0n) is 7.22. The molecule has 1 aliphatic carbocycles. The van der Waals surface area contributed by atoms with Crippen LogP contribution in [0.4, 0.5) is 0 Å². The smallest absolute Gasteiger partial charge is 0.0198 e. The molecule has 1 aliphatic heterocycles. The number of rotatable bonds is 2. The topological polar surface area (TPSA) is 3.01 Å². The first-order valence-electron chi connectivity index (χ1n) is 4.43. The third-order valence-electron chi connectivity index (χ3n) is 3.42. The maximum Gasteiger partial charge on any atom is 0.0198 e. The van der Waals surface area contributed by atoms with E-state index < -0.39 is 0 Å². The van der Waals surface area contributed by atoms with Gasteiger partial charge in [-0.1, -0.05) is 13.8 Å². The van der Waals surface area contributed by atoms with E-state index in [4.69, 9.17) is 0 Å². The van der Waals surface area contributed by atoms with Crippen molar-refractivity contribution in [2.45, 2.75) is 45.7 Å². The SMILES string of the molecule is CCC1(C)CC1N1CC1C. The van der Waals surface area contributed by atoms with Crippen LogP contribution in [0.25, 0.3) is 0 Å².